The zero-order valence-electron chi connectivity index (χ0n) is 7.71. The highest BCUT2D eigenvalue weighted by Gasteiger charge is 2.09. The van der Waals surface area contributed by atoms with Crippen molar-refractivity contribution in [2.75, 3.05) is 13.2 Å². The molecule has 0 bridgehead atoms. The van der Waals surface area contributed by atoms with Crippen LogP contribution in [0, 0.1) is 12.5 Å². The third-order valence-corrected chi connectivity index (χ3v) is 1.98. The molecule has 0 saturated carbocycles. The van der Waals surface area contributed by atoms with E-state index in [-0.39, 0.29) is 12.5 Å². The fraction of sp³-hybridized carbons (Fsp3) is 0.700. The SMILES string of the molecule is [C-]#[N+]CC[C@@H](CO)CC(=C)CC. The van der Waals surface area contributed by atoms with Crippen LogP contribution in [0.3, 0.4) is 0 Å². The van der Waals surface area contributed by atoms with Crippen molar-refractivity contribution < 1.29 is 5.11 Å². The van der Waals surface area contributed by atoms with Crippen LogP contribution in [0.1, 0.15) is 26.2 Å². The van der Waals surface area contributed by atoms with Gasteiger partial charge < -0.3 is 9.95 Å². The van der Waals surface area contributed by atoms with Gasteiger partial charge in [0.25, 0.3) is 0 Å². The summed E-state index contributed by atoms with van der Waals surface area (Å²) in [5.41, 5.74) is 1.17. The molecule has 2 nitrogen and oxygen atoms in total. The maximum Gasteiger partial charge on any atom is 0.215 e. The molecule has 0 aromatic heterocycles. The predicted octanol–water partition coefficient (Wildman–Crippen LogP) is 2.26. The van der Waals surface area contributed by atoms with Crippen LogP contribution < -0.4 is 0 Å². The average molecular weight is 167 g/mol. The third-order valence-electron chi connectivity index (χ3n) is 1.98. The summed E-state index contributed by atoms with van der Waals surface area (Å²) in [6.45, 7) is 13.3. The molecule has 12 heavy (non-hydrogen) atoms. The lowest BCUT2D eigenvalue weighted by Gasteiger charge is -2.11. The first-order valence-electron chi connectivity index (χ1n) is 4.35. The zero-order chi connectivity index (χ0) is 9.40. The molecule has 0 aliphatic rings. The minimum Gasteiger partial charge on any atom is -0.396 e. The minimum atomic E-state index is 0.175. The van der Waals surface area contributed by atoms with Gasteiger partial charge in [0.15, 0.2) is 0 Å². The molecular formula is C10H17NO. The molecule has 2 heteroatoms. The first-order valence-corrected chi connectivity index (χ1v) is 4.35. The van der Waals surface area contributed by atoms with Gasteiger partial charge in [-0.3, -0.25) is 0 Å². The fourth-order valence-corrected chi connectivity index (χ4v) is 1.06. The second kappa shape index (κ2) is 6.87. The molecule has 0 aliphatic heterocycles. The second-order valence-electron chi connectivity index (χ2n) is 3.03. The van der Waals surface area contributed by atoms with Gasteiger partial charge in [-0.25, -0.2) is 6.57 Å². The van der Waals surface area contributed by atoms with E-state index >= 15 is 0 Å². The van der Waals surface area contributed by atoms with Crippen molar-refractivity contribution in [1.82, 2.24) is 0 Å². The highest BCUT2D eigenvalue weighted by atomic mass is 16.3. The summed E-state index contributed by atoms with van der Waals surface area (Å²) >= 11 is 0. The lowest BCUT2D eigenvalue weighted by Crippen LogP contribution is -2.08. The molecule has 0 aromatic carbocycles. The van der Waals surface area contributed by atoms with E-state index in [1.807, 2.05) is 0 Å². The lowest BCUT2D eigenvalue weighted by molar-refractivity contribution is 0.220. The van der Waals surface area contributed by atoms with Crippen LogP contribution in [0.5, 0.6) is 0 Å². The van der Waals surface area contributed by atoms with E-state index in [1.165, 1.54) is 5.57 Å². The molecule has 0 heterocycles. The summed E-state index contributed by atoms with van der Waals surface area (Å²) in [7, 11) is 0. The molecule has 68 valence electrons. The van der Waals surface area contributed by atoms with E-state index in [4.69, 9.17) is 11.7 Å². The first-order chi connectivity index (χ1) is 5.74. The summed E-state index contributed by atoms with van der Waals surface area (Å²) in [5, 5.41) is 8.95. The van der Waals surface area contributed by atoms with E-state index in [1.54, 1.807) is 0 Å². The fourth-order valence-electron chi connectivity index (χ4n) is 1.06. The maximum absolute atomic E-state index is 8.95. The van der Waals surface area contributed by atoms with Crippen LogP contribution in [0.4, 0.5) is 0 Å². The number of aliphatic hydroxyl groups is 1. The molecule has 0 radical (unpaired) electrons. The molecule has 0 fully saturated rings. The Bertz CT molecular complexity index is 169. The first kappa shape index (κ1) is 11.2. The van der Waals surface area contributed by atoms with Gasteiger partial charge in [0.2, 0.25) is 6.54 Å². The van der Waals surface area contributed by atoms with Gasteiger partial charge in [-0.15, -0.1) is 0 Å². The molecular weight excluding hydrogens is 150 g/mol. The van der Waals surface area contributed by atoms with Crippen LogP contribution in [-0.2, 0) is 0 Å². The summed E-state index contributed by atoms with van der Waals surface area (Å²) in [6.07, 6.45) is 2.62. The van der Waals surface area contributed by atoms with Gasteiger partial charge in [-0.1, -0.05) is 19.1 Å². The highest BCUT2D eigenvalue weighted by Crippen LogP contribution is 2.15. The third kappa shape index (κ3) is 4.92. The van der Waals surface area contributed by atoms with Gasteiger partial charge in [0, 0.05) is 13.0 Å². The number of allylic oxidation sites excluding steroid dienone is 1. The van der Waals surface area contributed by atoms with Gasteiger partial charge in [0.05, 0.1) is 0 Å². The van der Waals surface area contributed by atoms with Crippen LogP contribution >= 0.6 is 0 Å². The Morgan fingerprint density at radius 2 is 2.33 bits per heavy atom. The Morgan fingerprint density at radius 3 is 2.75 bits per heavy atom. The Hall–Kier alpha value is -0.810. The molecule has 0 amide bonds. The minimum absolute atomic E-state index is 0.175. The summed E-state index contributed by atoms with van der Waals surface area (Å²) in [6, 6.07) is 0. The predicted molar refractivity (Wildman–Crippen MR) is 50.7 cm³/mol. The normalized spacial score (nSPS) is 12.1. The number of nitrogens with zero attached hydrogens (tertiary/aromatic N) is 1. The van der Waals surface area contributed by atoms with Crippen molar-refractivity contribution >= 4 is 0 Å². The molecule has 1 N–H and O–H groups in total. The van der Waals surface area contributed by atoms with E-state index in [0.29, 0.717) is 6.54 Å². The standard InChI is InChI=1S/C10H17NO/c1-4-9(2)7-10(8-12)5-6-11-3/h10,12H,2,4-8H2,1H3/t10-/m1/s1. The quantitative estimate of drug-likeness (QED) is 0.476. The Labute approximate surface area is 74.7 Å². The molecule has 0 aliphatic carbocycles. The number of hydrogen-bond acceptors (Lipinski definition) is 1. The number of hydrogen-bond donors (Lipinski definition) is 1. The van der Waals surface area contributed by atoms with Crippen LogP contribution in [0.25, 0.3) is 4.85 Å². The highest BCUT2D eigenvalue weighted by molar-refractivity contribution is 4.94. The monoisotopic (exact) mass is 167 g/mol. The van der Waals surface area contributed by atoms with Crippen LogP contribution in [-0.4, -0.2) is 18.3 Å². The second-order valence-corrected chi connectivity index (χ2v) is 3.03. The largest absolute Gasteiger partial charge is 0.396 e. The maximum atomic E-state index is 8.95. The Morgan fingerprint density at radius 1 is 1.67 bits per heavy atom. The number of rotatable bonds is 6. The van der Waals surface area contributed by atoms with Gasteiger partial charge in [0.1, 0.15) is 0 Å². The average Bonchev–Trinajstić information content (AvgIpc) is 2.11. The smallest absolute Gasteiger partial charge is 0.215 e. The van der Waals surface area contributed by atoms with Crippen LogP contribution in [0.15, 0.2) is 12.2 Å². The van der Waals surface area contributed by atoms with Crippen molar-refractivity contribution in [3.05, 3.63) is 23.6 Å². The lowest BCUT2D eigenvalue weighted by atomic mass is 9.97. The van der Waals surface area contributed by atoms with Gasteiger partial charge in [-0.05, 0) is 18.8 Å². The molecule has 0 aromatic rings. The van der Waals surface area contributed by atoms with E-state index in [9.17, 15) is 0 Å². The molecule has 1 atom stereocenters. The molecule has 0 rings (SSSR count). The Kier molecular flexibility index (Phi) is 6.41. The number of aliphatic hydroxyl groups excluding tert-OH is 1. The van der Waals surface area contributed by atoms with E-state index < -0.39 is 0 Å². The van der Waals surface area contributed by atoms with E-state index in [0.717, 1.165) is 19.3 Å². The molecule has 0 saturated heterocycles. The summed E-state index contributed by atoms with van der Waals surface area (Å²) in [5.74, 6) is 0.242. The van der Waals surface area contributed by atoms with Crippen molar-refractivity contribution in [3.8, 4) is 0 Å². The van der Waals surface area contributed by atoms with Gasteiger partial charge in [-0.2, -0.15) is 0 Å². The van der Waals surface area contributed by atoms with Crippen molar-refractivity contribution in [2.45, 2.75) is 26.2 Å². The van der Waals surface area contributed by atoms with Gasteiger partial charge >= 0.3 is 0 Å². The topological polar surface area (TPSA) is 24.6 Å². The van der Waals surface area contributed by atoms with Crippen molar-refractivity contribution in [2.24, 2.45) is 5.92 Å². The zero-order valence-corrected chi connectivity index (χ0v) is 7.71. The van der Waals surface area contributed by atoms with Crippen molar-refractivity contribution in [1.29, 1.82) is 0 Å². The van der Waals surface area contributed by atoms with Crippen molar-refractivity contribution in [3.63, 3.8) is 0 Å². The molecule has 0 spiro atoms. The Balaban J connectivity index is 3.68. The summed E-state index contributed by atoms with van der Waals surface area (Å²) < 4.78 is 0. The summed E-state index contributed by atoms with van der Waals surface area (Å²) in [4.78, 5) is 3.27. The van der Waals surface area contributed by atoms with Crippen LogP contribution in [0.2, 0.25) is 0 Å². The van der Waals surface area contributed by atoms with E-state index in [2.05, 4.69) is 18.3 Å². The molecule has 0 unspecified atom stereocenters.